The van der Waals surface area contributed by atoms with Crippen LogP contribution in [0.4, 0.5) is 0 Å². The van der Waals surface area contributed by atoms with E-state index in [0.29, 0.717) is 33.1 Å². The molecule has 0 aliphatic rings. The summed E-state index contributed by atoms with van der Waals surface area (Å²) in [6.07, 6.45) is 0. The normalized spacial score (nSPS) is 10.7. The SMILES string of the molecule is O=c1c2ccccc2oc2cccc(O)c12.O=c1c2ccccc2oc2cccc(O)c12.[Ni]. The Hall–Kier alpha value is -4.09. The van der Waals surface area contributed by atoms with Crippen LogP contribution in [0.15, 0.2) is 103 Å². The number of phenols is 2. The zero-order chi connectivity index (χ0) is 22.2. The first-order valence-electron chi connectivity index (χ1n) is 9.81. The monoisotopic (exact) mass is 482 g/mol. The third-order valence-corrected chi connectivity index (χ3v) is 5.17. The first kappa shape index (κ1) is 22.1. The molecule has 6 aromatic rings. The van der Waals surface area contributed by atoms with Crippen LogP contribution in [0.1, 0.15) is 0 Å². The summed E-state index contributed by atoms with van der Waals surface area (Å²) in [7, 11) is 0. The summed E-state index contributed by atoms with van der Waals surface area (Å²) in [5.74, 6) is -0.0889. The fourth-order valence-corrected chi connectivity index (χ4v) is 3.66. The van der Waals surface area contributed by atoms with Crippen LogP contribution in [0.2, 0.25) is 0 Å². The van der Waals surface area contributed by atoms with Crippen molar-refractivity contribution in [3.05, 3.63) is 105 Å². The Labute approximate surface area is 196 Å². The molecule has 2 heterocycles. The summed E-state index contributed by atoms with van der Waals surface area (Å²) in [5, 5.41) is 20.7. The van der Waals surface area contributed by atoms with Crippen molar-refractivity contribution in [2.45, 2.75) is 0 Å². The van der Waals surface area contributed by atoms with E-state index in [4.69, 9.17) is 8.83 Å². The quantitative estimate of drug-likeness (QED) is 0.225. The van der Waals surface area contributed by atoms with Gasteiger partial charge in [-0.2, -0.15) is 0 Å². The molecule has 0 aliphatic heterocycles. The molecule has 4 aromatic carbocycles. The third-order valence-electron chi connectivity index (χ3n) is 5.17. The van der Waals surface area contributed by atoms with E-state index in [1.165, 1.54) is 12.1 Å². The van der Waals surface area contributed by atoms with Gasteiger partial charge in [-0.15, -0.1) is 0 Å². The first-order valence-corrected chi connectivity index (χ1v) is 9.81. The summed E-state index contributed by atoms with van der Waals surface area (Å²) in [6, 6.07) is 23.6. The van der Waals surface area contributed by atoms with Gasteiger partial charge >= 0.3 is 0 Å². The summed E-state index contributed by atoms with van der Waals surface area (Å²) < 4.78 is 11.1. The van der Waals surface area contributed by atoms with Crippen molar-refractivity contribution >= 4 is 43.9 Å². The number of hydrogen-bond acceptors (Lipinski definition) is 6. The van der Waals surface area contributed by atoms with Crippen molar-refractivity contribution in [2.24, 2.45) is 0 Å². The molecule has 0 amide bonds. The van der Waals surface area contributed by atoms with Crippen LogP contribution in [0.3, 0.4) is 0 Å². The summed E-state index contributed by atoms with van der Waals surface area (Å²) in [5.41, 5.74) is 1.48. The number of hydrogen-bond donors (Lipinski definition) is 2. The van der Waals surface area contributed by atoms with Gasteiger partial charge in [0.1, 0.15) is 44.6 Å². The second kappa shape index (κ2) is 8.81. The van der Waals surface area contributed by atoms with E-state index < -0.39 is 0 Å². The van der Waals surface area contributed by atoms with Crippen LogP contribution < -0.4 is 10.9 Å². The number of fused-ring (bicyclic) bond motifs is 4. The van der Waals surface area contributed by atoms with Crippen molar-refractivity contribution in [1.29, 1.82) is 0 Å². The Bertz CT molecular complexity index is 1620. The van der Waals surface area contributed by atoms with E-state index in [0.717, 1.165) is 0 Å². The standard InChI is InChI=1S/2C13H8O3.Ni/c2*14-9-5-3-7-11-12(9)13(15)8-4-1-2-6-10(8)16-11;/h2*1-7,14H;. The molecular weight excluding hydrogens is 467 g/mol. The molecule has 0 bridgehead atoms. The molecule has 0 unspecified atom stereocenters. The van der Waals surface area contributed by atoms with Gasteiger partial charge < -0.3 is 19.0 Å². The number of para-hydroxylation sites is 2. The van der Waals surface area contributed by atoms with E-state index in [2.05, 4.69) is 0 Å². The van der Waals surface area contributed by atoms with Crippen LogP contribution in [0.25, 0.3) is 43.9 Å². The predicted molar refractivity (Wildman–Crippen MR) is 123 cm³/mol. The molecule has 0 spiro atoms. The van der Waals surface area contributed by atoms with Crippen LogP contribution in [0, 0.1) is 0 Å². The van der Waals surface area contributed by atoms with E-state index >= 15 is 0 Å². The van der Waals surface area contributed by atoms with Gasteiger partial charge in [-0.3, -0.25) is 9.59 Å². The van der Waals surface area contributed by atoms with Crippen molar-refractivity contribution in [3.8, 4) is 11.5 Å². The maximum Gasteiger partial charge on any atom is 0.204 e. The minimum Gasteiger partial charge on any atom is -0.507 e. The Kier molecular flexibility index (Phi) is 5.90. The van der Waals surface area contributed by atoms with Gasteiger partial charge in [0.2, 0.25) is 10.9 Å². The topological polar surface area (TPSA) is 101 Å². The molecule has 0 radical (unpaired) electrons. The molecule has 0 saturated heterocycles. The minimum atomic E-state index is -0.199. The zero-order valence-corrected chi connectivity index (χ0v) is 17.9. The molecule has 166 valence electrons. The van der Waals surface area contributed by atoms with Crippen LogP contribution in [-0.2, 0) is 16.5 Å². The fraction of sp³-hybridized carbons (Fsp3) is 0. The predicted octanol–water partition coefficient (Wildman–Crippen LogP) is 5.30. The third kappa shape index (κ3) is 3.83. The summed E-state index contributed by atoms with van der Waals surface area (Å²) >= 11 is 0. The summed E-state index contributed by atoms with van der Waals surface area (Å²) in [6.45, 7) is 0. The van der Waals surface area contributed by atoms with Crippen LogP contribution >= 0.6 is 0 Å². The molecule has 0 atom stereocenters. The second-order valence-corrected chi connectivity index (χ2v) is 7.16. The molecule has 6 nitrogen and oxygen atoms in total. The molecule has 6 rings (SSSR count). The van der Waals surface area contributed by atoms with Gasteiger partial charge in [-0.05, 0) is 48.5 Å². The Morgan fingerprint density at radius 2 is 0.848 bits per heavy atom. The average Bonchev–Trinajstić information content (AvgIpc) is 2.80. The summed E-state index contributed by atoms with van der Waals surface area (Å²) in [4.78, 5) is 24.2. The smallest absolute Gasteiger partial charge is 0.204 e. The second-order valence-electron chi connectivity index (χ2n) is 7.16. The minimum absolute atomic E-state index is 0. The molecule has 2 aromatic heterocycles. The molecule has 0 saturated carbocycles. The van der Waals surface area contributed by atoms with Crippen LogP contribution in [0.5, 0.6) is 11.5 Å². The molecular formula is C26H16NiO6. The van der Waals surface area contributed by atoms with Gasteiger partial charge in [0.05, 0.1) is 10.8 Å². The van der Waals surface area contributed by atoms with E-state index in [-0.39, 0.29) is 49.6 Å². The van der Waals surface area contributed by atoms with Gasteiger partial charge in [0.15, 0.2) is 0 Å². The van der Waals surface area contributed by atoms with Crippen LogP contribution in [-0.4, -0.2) is 10.2 Å². The van der Waals surface area contributed by atoms with E-state index in [1.54, 1.807) is 72.8 Å². The van der Waals surface area contributed by atoms with Gasteiger partial charge in [-0.25, -0.2) is 0 Å². The maximum absolute atomic E-state index is 12.1. The van der Waals surface area contributed by atoms with Crippen molar-refractivity contribution in [1.82, 2.24) is 0 Å². The van der Waals surface area contributed by atoms with Crippen molar-refractivity contribution < 1.29 is 35.5 Å². The number of benzene rings is 4. The first-order chi connectivity index (χ1) is 15.5. The molecule has 0 aliphatic carbocycles. The van der Waals surface area contributed by atoms with E-state index in [9.17, 15) is 19.8 Å². The molecule has 0 fully saturated rings. The maximum atomic E-state index is 12.1. The van der Waals surface area contributed by atoms with Crippen molar-refractivity contribution in [2.75, 3.05) is 0 Å². The Balaban J connectivity index is 0.000000152. The Morgan fingerprint density at radius 3 is 1.27 bits per heavy atom. The molecule has 33 heavy (non-hydrogen) atoms. The zero-order valence-electron chi connectivity index (χ0n) is 16.9. The average molecular weight is 483 g/mol. The van der Waals surface area contributed by atoms with E-state index in [1.807, 2.05) is 0 Å². The fourth-order valence-electron chi connectivity index (χ4n) is 3.66. The van der Waals surface area contributed by atoms with Gasteiger partial charge in [0, 0.05) is 16.5 Å². The number of rotatable bonds is 0. The molecule has 7 heteroatoms. The number of phenolic OH excluding ortho intramolecular Hbond substituents is 2. The van der Waals surface area contributed by atoms with Gasteiger partial charge in [-0.1, -0.05) is 36.4 Å². The Morgan fingerprint density at radius 1 is 0.485 bits per heavy atom. The van der Waals surface area contributed by atoms with Crippen molar-refractivity contribution in [3.63, 3.8) is 0 Å². The number of aromatic hydroxyl groups is 2. The van der Waals surface area contributed by atoms with Gasteiger partial charge in [0.25, 0.3) is 0 Å². The largest absolute Gasteiger partial charge is 0.507 e. The molecule has 2 N–H and O–H groups in total.